The lowest BCUT2D eigenvalue weighted by atomic mass is 10.2. The molecule has 6 nitrogen and oxygen atoms in total. The van der Waals surface area contributed by atoms with Crippen LogP contribution < -0.4 is 5.32 Å². The molecule has 1 aromatic carbocycles. The molecule has 0 spiro atoms. The fourth-order valence-electron chi connectivity index (χ4n) is 2.26. The van der Waals surface area contributed by atoms with Crippen molar-refractivity contribution in [3.8, 4) is 0 Å². The molecule has 2 heterocycles. The van der Waals surface area contributed by atoms with E-state index in [2.05, 4.69) is 32.6 Å². The third-order valence-electron chi connectivity index (χ3n) is 3.16. The summed E-state index contributed by atoms with van der Waals surface area (Å²) in [6, 6.07) is 8.22. The molecule has 3 rings (SSSR count). The van der Waals surface area contributed by atoms with Crippen LogP contribution in [0, 0.1) is 0 Å². The lowest BCUT2D eigenvalue weighted by Gasteiger charge is -2.03. The summed E-state index contributed by atoms with van der Waals surface area (Å²) in [7, 11) is 3.86. The highest BCUT2D eigenvalue weighted by Crippen LogP contribution is 2.18. The zero-order chi connectivity index (χ0) is 13.2. The van der Waals surface area contributed by atoms with E-state index in [9.17, 15) is 0 Å². The summed E-state index contributed by atoms with van der Waals surface area (Å²) >= 11 is 0. The van der Waals surface area contributed by atoms with Gasteiger partial charge in [0.2, 0.25) is 0 Å². The normalized spacial score (nSPS) is 11.3. The Morgan fingerprint density at radius 3 is 2.95 bits per heavy atom. The molecule has 0 aliphatic carbocycles. The van der Waals surface area contributed by atoms with Crippen LogP contribution in [0.3, 0.4) is 0 Å². The van der Waals surface area contributed by atoms with Crippen molar-refractivity contribution < 1.29 is 0 Å². The average molecular weight is 256 g/mol. The van der Waals surface area contributed by atoms with Gasteiger partial charge in [-0.05, 0) is 13.1 Å². The van der Waals surface area contributed by atoms with Gasteiger partial charge in [-0.15, -0.1) is 0 Å². The molecular formula is C13H16N6. The molecule has 0 aliphatic heterocycles. The smallest absolute Gasteiger partial charge is 0.141 e. The number of hydrogen-bond acceptors (Lipinski definition) is 4. The summed E-state index contributed by atoms with van der Waals surface area (Å²) in [4.78, 5) is 4.24. The summed E-state index contributed by atoms with van der Waals surface area (Å²) in [6.07, 6.45) is 1.58. The van der Waals surface area contributed by atoms with Crippen LogP contribution in [0.5, 0.6) is 0 Å². The summed E-state index contributed by atoms with van der Waals surface area (Å²) in [6.45, 7) is 1.34. The second-order valence-corrected chi connectivity index (χ2v) is 4.45. The fraction of sp³-hybridized carbons (Fsp3) is 0.308. The number of rotatable bonds is 4. The highest BCUT2D eigenvalue weighted by molar-refractivity contribution is 5.81. The first-order chi connectivity index (χ1) is 9.29. The first kappa shape index (κ1) is 11.9. The molecule has 0 saturated heterocycles. The van der Waals surface area contributed by atoms with Crippen LogP contribution in [0.15, 0.2) is 30.6 Å². The maximum absolute atomic E-state index is 4.57. The zero-order valence-electron chi connectivity index (χ0n) is 11.0. The minimum atomic E-state index is 0.637. The van der Waals surface area contributed by atoms with E-state index in [0.29, 0.717) is 13.1 Å². The first-order valence-corrected chi connectivity index (χ1v) is 6.21. The standard InChI is InChI=1S/C13H16N6/c1-14-7-13-15-9-16-19(13)8-11-10-5-3-4-6-12(10)18(2)17-11/h3-6,9,14H,7-8H2,1-2H3. The Morgan fingerprint density at radius 2 is 2.11 bits per heavy atom. The quantitative estimate of drug-likeness (QED) is 0.754. The number of para-hydroxylation sites is 1. The van der Waals surface area contributed by atoms with Gasteiger partial charge in [-0.25, -0.2) is 9.67 Å². The molecule has 0 atom stereocenters. The van der Waals surface area contributed by atoms with Crippen LogP contribution >= 0.6 is 0 Å². The minimum Gasteiger partial charge on any atom is -0.313 e. The Hall–Kier alpha value is -2.21. The van der Waals surface area contributed by atoms with Crippen molar-refractivity contribution in [1.29, 1.82) is 0 Å². The van der Waals surface area contributed by atoms with Crippen LogP contribution in [0.1, 0.15) is 11.5 Å². The maximum atomic E-state index is 4.57. The lowest BCUT2D eigenvalue weighted by molar-refractivity contribution is 0.598. The largest absolute Gasteiger partial charge is 0.313 e. The third-order valence-corrected chi connectivity index (χ3v) is 3.16. The summed E-state index contributed by atoms with van der Waals surface area (Å²) in [5.41, 5.74) is 2.15. The average Bonchev–Trinajstić information content (AvgIpc) is 2.98. The SMILES string of the molecule is CNCc1ncnn1Cc1nn(C)c2ccccc12. The Bertz CT molecular complexity index is 696. The molecule has 0 bridgehead atoms. The Morgan fingerprint density at radius 1 is 1.26 bits per heavy atom. The van der Waals surface area contributed by atoms with Crippen LogP contribution in [-0.4, -0.2) is 31.6 Å². The Kier molecular flexibility index (Phi) is 3.00. The number of fused-ring (bicyclic) bond motifs is 1. The van der Waals surface area contributed by atoms with Gasteiger partial charge in [0.15, 0.2) is 0 Å². The van der Waals surface area contributed by atoms with Gasteiger partial charge in [-0.2, -0.15) is 10.2 Å². The van der Waals surface area contributed by atoms with Gasteiger partial charge < -0.3 is 5.32 Å². The lowest BCUT2D eigenvalue weighted by Crippen LogP contribution is -2.14. The first-order valence-electron chi connectivity index (χ1n) is 6.21. The van der Waals surface area contributed by atoms with E-state index in [1.807, 2.05) is 35.6 Å². The van der Waals surface area contributed by atoms with Gasteiger partial charge in [0, 0.05) is 12.4 Å². The van der Waals surface area contributed by atoms with E-state index in [1.54, 1.807) is 6.33 Å². The number of aromatic nitrogens is 5. The number of aryl methyl sites for hydroxylation is 1. The number of nitrogens with one attached hydrogen (secondary N) is 1. The van der Waals surface area contributed by atoms with E-state index >= 15 is 0 Å². The van der Waals surface area contributed by atoms with Gasteiger partial charge in [0.05, 0.1) is 24.3 Å². The molecule has 0 fully saturated rings. The van der Waals surface area contributed by atoms with Crippen LogP contribution in [0.25, 0.3) is 10.9 Å². The molecule has 98 valence electrons. The van der Waals surface area contributed by atoms with Gasteiger partial charge in [-0.1, -0.05) is 18.2 Å². The number of benzene rings is 1. The molecule has 19 heavy (non-hydrogen) atoms. The van der Waals surface area contributed by atoms with Crippen molar-refractivity contribution in [1.82, 2.24) is 29.9 Å². The monoisotopic (exact) mass is 256 g/mol. The predicted molar refractivity (Wildman–Crippen MR) is 72.6 cm³/mol. The second kappa shape index (κ2) is 4.81. The predicted octanol–water partition coefficient (Wildman–Crippen LogP) is 0.932. The van der Waals surface area contributed by atoms with E-state index in [1.165, 1.54) is 0 Å². The molecule has 0 saturated carbocycles. The molecule has 0 radical (unpaired) electrons. The number of hydrogen-bond donors (Lipinski definition) is 1. The topological polar surface area (TPSA) is 60.6 Å². The van der Waals surface area contributed by atoms with Crippen molar-refractivity contribution in [3.63, 3.8) is 0 Å². The molecular weight excluding hydrogens is 240 g/mol. The molecule has 1 N–H and O–H groups in total. The molecule has 3 aromatic rings. The molecule has 0 amide bonds. The Labute approximate surface area is 111 Å². The molecule has 2 aromatic heterocycles. The minimum absolute atomic E-state index is 0.637. The fourth-order valence-corrected chi connectivity index (χ4v) is 2.26. The van der Waals surface area contributed by atoms with Crippen molar-refractivity contribution in [2.75, 3.05) is 7.05 Å². The van der Waals surface area contributed by atoms with Gasteiger partial charge >= 0.3 is 0 Å². The van der Waals surface area contributed by atoms with Gasteiger partial charge in [-0.3, -0.25) is 4.68 Å². The highest BCUT2D eigenvalue weighted by Gasteiger charge is 2.11. The summed E-state index contributed by atoms with van der Waals surface area (Å²) < 4.78 is 3.78. The second-order valence-electron chi connectivity index (χ2n) is 4.45. The van der Waals surface area contributed by atoms with Gasteiger partial charge in [0.25, 0.3) is 0 Å². The van der Waals surface area contributed by atoms with E-state index in [0.717, 1.165) is 22.4 Å². The van der Waals surface area contributed by atoms with E-state index in [4.69, 9.17) is 0 Å². The molecule has 0 aliphatic rings. The van der Waals surface area contributed by atoms with Gasteiger partial charge in [0.1, 0.15) is 12.2 Å². The van der Waals surface area contributed by atoms with Crippen LogP contribution in [0.2, 0.25) is 0 Å². The van der Waals surface area contributed by atoms with Crippen molar-refractivity contribution in [2.24, 2.45) is 7.05 Å². The molecule has 0 unspecified atom stereocenters. The maximum Gasteiger partial charge on any atom is 0.141 e. The zero-order valence-corrected chi connectivity index (χ0v) is 11.0. The molecule has 6 heteroatoms. The van der Waals surface area contributed by atoms with Crippen molar-refractivity contribution in [3.05, 3.63) is 42.1 Å². The van der Waals surface area contributed by atoms with Crippen LogP contribution in [0.4, 0.5) is 0 Å². The van der Waals surface area contributed by atoms with Crippen LogP contribution in [-0.2, 0) is 20.1 Å². The summed E-state index contributed by atoms with van der Waals surface area (Å²) in [5, 5.41) is 13.1. The highest BCUT2D eigenvalue weighted by atomic mass is 15.4. The van der Waals surface area contributed by atoms with E-state index in [-0.39, 0.29) is 0 Å². The Balaban J connectivity index is 1.99. The van der Waals surface area contributed by atoms with Crippen molar-refractivity contribution in [2.45, 2.75) is 13.1 Å². The third kappa shape index (κ3) is 2.10. The summed E-state index contributed by atoms with van der Waals surface area (Å²) in [5.74, 6) is 0.914. The van der Waals surface area contributed by atoms with E-state index < -0.39 is 0 Å². The van der Waals surface area contributed by atoms with Crippen molar-refractivity contribution >= 4 is 10.9 Å². The number of nitrogens with zero attached hydrogens (tertiary/aromatic N) is 5.